The molecule has 1 aromatic carbocycles. The van der Waals surface area contributed by atoms with Crippen molar-refractivity contribution in [3.05, 3.63) is 29.3 Å². The number of nitrogens with one attached hydrogen (secondary N) is 1. The molecule has 37 heavy (non-hydrogen) atoms. The Hall–Kier alpha value is -3.43. The summed E-state index contributed by atoms with van der Waals surface area (Å²) >= 11 is 0. The molecule has 202 valence electrons. The number of benzene rings is 1. The first-order valence-electron chi connectivity index (χ1n) is 12.7. The number of hydrogen-bond acceptors (Lipinski definition) is 8. The number of nitrogens with zero attached hydrogens (tertiary/aromatic N) is 2. The van der Waals surface area contributed by atoms with Gasteiger partial charge in [-0.15, -0.1) is 0 Å². The van der Waals surface area contributed by atoms with E-state index < -0.39 is 35.2 Å². The van der Waals surface area contributed by atoms with Crippen molar-refractivity contribution >= 4 is 35.5 Å². The molecule has 0 aromatic heterocycles. The number of esters is 1. The monoisotopic (exact) mass is 515 g/mol. The minimum Gasteiger partial charge on any atom is -0.460 e. The van der Waals surface area contributed by atoms with Crippen LogP contribution in [-0.2, 0) is 30.4 Å². The van der Waals surface area contributed by atoms with Crippen LogP contribution in [0.4, 0.5) is 10.5 Å². The molecule has 2 aliphatic heterocycles. The fraction of sp³-hybridized carbons (Fsp3) is 0.593. The number of rotatable bonds is 7. The van der Waals surface area contributed by atoms with Gasteiger partial charge in [-0.3, -0.25) is 19.2 Å². The number of likely N-dealkylation sites (tertiary alicyclic amines) is 1. The molecule has 4 amide bonds. The van der Waals surface area contributed by atoms with E-state index in [9.17, 15) is 24.0 Å². The number of carbonyl (C=O) groups excluding carboxylic acids is 5. The summed E-state index contributed by atoms with van der Waals surface area (Å²) in [5.41, 5.74) is 0.627. The highest BCUT2D eigenvalue weighted by atomic mass is 16.6. The van der Waals surface area contributed by atoms with E-state index in [4.69, 9.17) is 9.47 Å². The van der Waals surface area contributed by atoms with Crippen LogP contribution in [0.15, 0.2) is 18.2 Å². The number of imide groups is 3. The van der Waals surface area contributed by atoms with Gasteiger partial charge in [0.15, 0.2) is 0 Å². The van der Waals surface area contributed by atoms with Crippen molar-refractivity contribution in [2.24, 2.45) is 0 Å². The summed E-state index contributed by atoms with van der Waals surface area (Å²) in [5, 5.41) is 3.33. The minimum atomic E-state index is -1.02. The summed E-state index contributed by atoms with van der Waals surface area (Å²) in [4.78, 5) is 65.2. The average molecular weight is 516 g/mol. The van der Waals surface area contributed by atoms with Gasteiger partial charge >= 0.3 is 12.1 Å². The topological polar surface area (TPSA) is 122 Å². The van der Waals surface area contributed by atoms with E-state index in [1.54, 1.807) is 32.9 Å². The fourth-order valence-electron chi connectivity index (χ4n) is 4.34. The highest BCUT2D eigenvalue weighted by Gasteiger charge is 2.46. The third kappa shape index (κ3) is 7.08. The lowest BCUT2D eigenvalue weighted by atomic mass is 10.0. The minimum absolute atomic E-state index is 0.0431. The van der Waals surface area contributed by atoms with Crippen LogP contribution in [-0.4, -0.2) is 63.4 Å². The van der Waals surface area contributed by atoms with Crippen molar-refractivity contribution in [3.63, 3.8) is 0 Å². The number of carbonyl (C=O) groups is 5. The molecule has 0 radical (unpaired) electrons. The van der Waals surface area contributed by atoms with Crippen LogP contribution >= 0.6 is 0 Å². The third-order valence-electron chi connectivity index (χ3n) is 5.88. The number of hydrogen-bond donors (Lipinski definition) is 1. The maximum Gasteiger partial charge on any atom is 0.424 e. The van der Waals surface area contributed by atoms with Crippen LogP contribution in [0.2, 0.25) is 0 Å². The quantitative estimate of drug-likeness (QED) is 0.328. The summed E-state index contributed by atoms with van der Waals surface area (Å²) in [6, 6.07) is 4.40. The summed E-state index contributed by atoms with van der Waals surface area (Å²) < 4.78 is 10.6. The Morgan fingerprint density at radius 3 is 2.32 bits per heavy atom. The molecule has 10 nitrogen and oxygen atoms in total. The zero-order valence-electron chi connectivity index (χ0n) is 22.5. The fourth-order valence-corrected chi connectivity index (χ4v) is 4.34. The standard InChI is InChI=1S/C27H37N3O7/c1-26(2,3)36-22(32)12-7-8-15-28-19-11-9-10-17-18(19)16-29(23(17)33)20-13-14-21(31)30(24(20)34)25(35)37-27(4,5)6/h9-11,20,28H,7-8,12-16H2,1-6H3. The molecule has 1 fully saturated rings. The zero-order valence-corrected chi connectivity index (χ0v) is 22.5. The van der Waals surface area contributed by atoms with Crippen molar-refractivity contribution in [1.29, 1.82) is 0 Å². The predicted octanol–water partition coefficient (Wildman–Crippen LogP) is 4.02. The lowest BCUT2D eigenvalue weighted by molar-refractivity contribution is -0.155. The molecular formula is C27H37N3O7. The first-order chi connectivity index (χ1) is 17.2. The maximum absolute atomic E-state index is 13.2. The van der Waals surface area contributed by atoms with Gasteiger partial charge in [-0.1, -0.05) is 6.07 Å². The van der Waals surface area contributed by atoms with Crippen molar-refractivity contribution < 1.29 is 33.4 Å². The number of fused-ring (bicyclic) bond motifs is 1. The molecule has 3 rings (SSSR count). The van der Waals surface area contributed by atoms with E-state index in [0.29, 0.717) is 29.8 Å². The summed E-state index contributed by atoms with van der Waals surface area (Å²) in [5.74, 6) is -1.93. The lowest BCUT2D eigenvalue weighted by Gasteiger charge is -2.35. The van der Waals surface area contributed by atoms with Crippen molar-refractivity contribution in [3.8, 4) is 0 Å². The van der Waals surface area contributed by atoms with Crippen molar-refractivity contribution in [1.82, 2.24) is 9.80 Å². The lowest BCUT2D eigenvalue weighted by Crippen LogP contribution is -2.57. The van der Waals surface area contributed by atoms with Crippen molar-refractivity contribution in [2.45, 2.75) is 97.4 Å². The predicted molar refractivity (Wildman–Crippen MR) is 136 cm³/mol. The number of amides is 4. The van der Waals surface area contributed by atoms with Crippen LogP contribution < -0.4 is 5.32 Å². The Balaban J connectivity index is 1.63. The molecule has 1 aromatic rings. The SMILES string of the molecule is CC(C)(C)OC(=O)CCCCNc1cccc2c1CN(C1CCC(=O)N(C(=O)OC(C)(C)C)C1=O)C2=O. The first kappa shape index (κ1) is 28.1. The van der Waals surface area contributed by atoms with Crippen LogP contribution in [0.1, 0.15) is 89.6 Å². The molecule has 0 aliphatic carbocycles. The van der Waals surface area contributed by atoms with Crippen LogP contribution in [0.3, 0.4) is 0 Å². The largest absolute Gasteiger partial charge is 0.460 e. The van der Waals surface area contributed by atoms with Gasteiger partial charge < -0.3 is 19.7 Å². The highest BCUT2D eigenvalue weighted by molar-refractivity contribution is 6.13. The molecule has 1 atom stereocenters. The molecule has 0 bridgehead atoms. The van der Waals surface area contributed by atoms with Gasteiger partial charge in [-0.25, -0.2) is 4.79 Å². The smallest absolute Gasteiger partial charge is 0.424 e. The van der Waals surface area contributed by atoms with Gasteiger partial charge in [0.25, 0.3) is 11.8 Å². The number of piperidine rings is 1. The number of ether oxygens (including phenoxy) is 2. The van der Waals surface area contributed by atoms with Gasteiger partial charge in [0.2, 0.25) is 5.91 Å². The molecule has 2 aliphatic rings. The Labute approximate surface area is 217 Å². The molecule has 10 heteroatoms. The second-order valence-electron chi connectivity index (χ2n) is 11.3. The third-order valence-corrected chi connectivity index (χ3v) is 5.88. The van der Waals surface area contributed by atoms with Crippen molar-refractivity contribution in [2.75, 3.05) is 11.9 Å². The molecule has 2 heterocycles. The number of unbranched alkanes of at least 4 members (excludes halogenated alkanes) is 1. The highest BCUT2D eigenvalue weighted by Crippen LogP contribution is 2.33. The van der Waals surface area contributed by atoms with E-state index in [0.717, 1.165) is 17.7 Å². The molecule has 1 N–H and O–H groups in total. The maximum atomic E-state index is 13.2. The van der Waals surface area contributed by atoms with Gasteiger partial charge in [-0.05, 0) is 72.9 Å². The molecule has 0 saturated carbocycles. The first-order valence-corrected chi connectivity index (χ1v) is 12.7. The number of anilines is 1. The molecule has 0 spiro atoms. The molecule has 1 unspecified atom stereocenters. The van der Waals surface area contributed by atoms with Gasteiger partial charge in [0.05, 0.1) is 0 Å². The second kappa shape index (κ2) is 10.9. The summed E-state index contributed by atoms with van der Waals surface area (Å²) in [7, 11) is 0. The van der Waals surface area contributed by atoms with Crippen LogP contribution in [0.5, 0.6) is 0 Å². The average Bonchev–Trinajstić information content (AvgIpc) is 3.08. The Morgan fingerprint density at radius 1 is 1.00 bits per heavy atom. The molecule has 1 saturated heterocycles. The van der Waals surface area contributed by atoms with Crippen LogP contribution in [0, 0.1) is 0 Å². The zero-order chi connectivity index (χ0) is 27.5. The van der Waals surface area contributed by atoms with E-state index >= 15 is 0 Å². The normalized spacial score (nSPS) is 18.1. The Kier molecular flexibility index (Phi) is 8.29. The van der Waals surface area contributed by atoms with E-state index in [2.05, 4.69) is 5.32 Å². The summed E-state index contributed by atoms with van der Waals surface area (Å²) in [6.45, 7) is 11.2. The second-order valence-corrected chi connectivity index (χ2v) is 11.3. The van der Waals surface area contributed by atoms with Crippen LogP contribution in [0.25, 0.3) is 0 Å². The van der Waals surface area contributed by atoms with Gasteiger partial charge in [0, 0.05) is 42.7 Å². The van der Waals surface area contributed by atoms with E-state index in [1.807, 2.05) is 26.8 Å². The summed E-state index contributed by atoms with van der Waals surface area (Å²) in [6.07, 6.45) is 0.796. The Morgan fingerprint density at radius 2 is 1.68 bits per heavy atom. The van der Waals surface area contributed by atoms with Gasteiger partial charge in [0.1, 0.15) is 17.2 Å². The van der Waals surface area contributed by atoms with E-state index in [1.165, 1.54) is 4.90 Å². The van der Waals surface area contributed by atoms with E-state index in [-0.39, 0.29) is 31.3 Å². The Bertz CT molecular complexity index is 1080. The molecular weight excluding hydrogens is 478 g/mol. The van der Waals surface area contributed by atoms with Gasteiger partial charge in [-0.2, -0.15) is 4.90 Å².